The van der Waals surface area contributed by atoms with Crippen molar-refractivity contribution in [3.05, 3.63) is 12.2 Å². The second-order valence-corrected chi connectivity index (χ2v) is 13.0. The zero-order valence-corrected chi connectivity index (χ0v) is 23.4. The van der Waals surface area contributed by atoms with Gasteiger partial charge in [0.05, 0.1) is 14.2 Å². The van der Waals surface area contributed by atoms with Crippen LogP contribution in [-0.2, 0) is 28.7 Å². The number of carbonyl (C=O) groups excluding carboxylic acids is 4. The number of hydrogen-bond acceptors (Lipinski definition) is 8. The quantitative estimate of drug-likeness (QED) is 0.313. The van der Waals surface area contributed by atoms with Crippen LogP contribution in [0.25, 0.3) is 0 Å². The van der Waals surface area contributed by atoms with Crippen molar-refractivity contribution in [1.82, 2.24) is 21.3 Å². The van der Waals surface area contributed by atoms with Gasteiger partial charge in [0.25, 0.3) is 0 Å². The van der Waals surface area contributed by atoms with Crippen LogP contribution in [0, 0.1) is 0 Å². The summed E-state index contributed by atoms with van der Waals surface area (Å²) in [4.78, 5) is 51.5. The molecule has 2 aliphatic heterocycles. The van der Waals surface area contributed by atoms with E-state index in [1.165, 1.54) is 14.2 Å². The number of methoxy groups -OCH3 is 2. The number of hydrogen-bond donors (Lipinski definition) is 4. The van der Waals surface area contributed by atoms with Crippen LogP contribution in [0.1, 0.15) is 81.1 Å². The first kappa shape index (κ1) is 29.8. The molecule has 0 spiro atoms. The minimum atomic E-state index is -1.26. The smallest absolute Gasteiger partial charge is 0.331 e. The third kappa shape index (κ3) is 7.06. The summed E-state index contributed by atoms with van der Waals surface area (Å²) in [7, 11) is 2.58. The summed E-state index contributed by atoms with van der Waals surface area (Å²) in [6, 6.07) is 0. The number of rotatable bonds is 6. The predicted octanol–water partition coefficient (Wildman–Crippen LogP) is 1.48. The molecular weight excluding hydrogens is 464 g/mol. The summed E-state index contributed by atoms with van der Waals surface area (Å²) < 4.78 is 10.1. The Labute approximate surface area is 214 Å². The molecule has 0 aromatic rings. The van der Waals surface area contributed by atoms with Crippen molar-refractivity contribution in [3.63, 3.8) is 0 Å². The van der Waals surface area contributed by atoms with Gasteiger partial charge in [-0.05, 0) is 81.1 Å². The fourth-order valence-electron chi connectivity index (χ4n) is 6.82. The maximum atomic E-state index is 12.9. The summed E-state index contributed by atoms with van der Waals surface area (Å²) in [6.45, 7) is 15.6. The third-order valence-electron chi connectivity index (χ3n) is 6.59. The van der Waals surface area contributed by atoms with Gasteiger partial charge in [0.1, 0.15) is 11.1 Å². The van der Waals surface area contributed by atoms with Crippen molar-refractivity contribution >= 4 is 23.8 Å². The Bertz CT molecular complexity index is 829. The molecule has 0 unspecified atom stereocenters. The summed E-state index contributed by atoms with van der Waals surface area (Å²) in [5, 5.41) is 12.6. The van der Waals surface area contributed by atoms with E-state index in [0.29, 0.717) is 25.7 Å². The standard InChI is InChI=1S/C26H44N4O6/c1-21(2)13-25(19(33)35-9,14-22(3,4)29-21)27-17(31)11-12-18(32)28-26(20(34)36-10)15-23(5,6)30-24(7,8)16-26/h11-12,29-30H,13-16H2,1-10H3,(H,27,31)(H,28,32). The van der Waals surface area contributed by atoms with Crippen molar-refractivity contribution in [2.75, 3.05) is 14.2 Å². The molecule has 2 fully saturated rings. The number of amides is 2. The lowest BCUT2D eigenvalue weighted by Crippen LogP contribution is -2.71. The first-order valence-electron chi connectivity index (χ1n) is 12.3. The van der Waals surface area contributed by atoms with Gasteiger partial charge < -0.3 is 30.7 Å². The molecule has 10 heteroatoms. The molecule has 204 valence electrons. The van der Waals surface area contributed by atoms with Gasteiger partial charge in [0.15, 0.2) is 0 Å². The second kappa shape index (κ2) is 9.78. The van der Waals surface area contributed by atoms with Crippen molar-refractivity contribution in [2.45, 2.75) is 114 Å². The molecule has 0 radical (unpaired) electrons. The highest BCUT2D eigenvalue weighted by Crippen LogP contribution is 2.38. The van der Waals surface area contributed by atoms with E-state index in [1.54, 1.807) is 0 Å². The Morgan fingerprint density at radius 2 is 0.833 bits per heavy atom. The second-order valence-electron chi connectivity index (χ2n) is 13.0. The highest BCUT2D eigenvalue weighted by molar-refractivity contribution is 6.00. The van der Waals surface area contributed by atoms with Gasteiger partial charge in [-0.25, -0.2) is 9.59 Å². The maximum absolute atomic E-state index is 12.9. The van der Waals surface area contributed by atoms with E-state index >= 15 is 0 Å². The summed E-state index contributed by atoms with van der Waals surface area (Å²) in [6.07, 6.45) is 3.39. The van der Waals surface area contributed by atoms with Crippen LogP contribution >= 0.6 is 0 Å². The SMILES string of the molecule is COC(=O)C1(NC(=O)C=CC(=O)NC2(C(=O)OC)CC(C)(C)NC(C)(C)C2)CC(C)(C)NC(C)(C)C1. The molecular formula is C26H44N4O6. The van der Waals surface area contributed by atoms with Crippen molar-refractivity contribution in [3.8, 4) is 0 Å². The van der Waals surface area contributed by atoms with E-state index < -0.39 is 57.0 Å². The normalized spacial score (nSPS) is 24.8. The lowest BCUT2D eigenvalue weighted by Gasteiger charge is -2.51. The Kier molecular flexibility index (Phi) is 8.08. The Morgan fingerprint density at radius 1 is 0.583 bits per heavy atom. The molecule has 0 bridgehead atoms. The molecule has 36 heavy (non-hydrogen) atoms. The highest BCUT2D eigenvalue weighted by Gasteiger charge is 2.54. The number of piperidine rings is 2. The van der Waals surface area contributed by atoms with E-state index in [9.17, 15) is 19.2 Å². The minimum absolute atomic E-state index is 0.310. The van der Waals surface area contributed by atoms with Crippen LogP contribution in [0.2, 0.25) is 0 Å². The fourth-order valence-corrected chi connectivity index (χ4v) is 6.82. The first-order valence-corrected chi connectivity index (χ1v) is 12.3. The maximum Gasteiger partial charge on any atom is 0.331 e. The van der Waals surface area contributed by atoms with Crippen LogP contribution in [0.15, 0.2) is 12.2 Å². The van der Waals surface area contributed by atoms with Gasteiger partial charge in [-0.2, -0.15) is 0 Å². The fraction of sp³-hybridized carbons (Fsp3) is 0.769. The van der Waals surface area contributed by atoms with Crippen molar-refractivity contribution in [2.24, 2.45) is 0 Å². The summed E-state index contributed by atoms with van der Waals surface area (Å²) in [5.41, 5.74) is -4.34. The zero-order valence-electron chi connectivity index (χ0n) is 23.4. The van der Waals surface area contributed by atoms with Crippen LogP contribution < -0.4 is 21.3 Å². The molecule has 0 aliphatic carbocycles. The number of nitrogens with one attached hydrogen (secondary N) is 4. The summed E-state index contributed by atoms with van der Waals surface area (Å²) >= 11 is 0. The lowest BCUT2D eigenvalue weighted by atomic mass is 9.70. The molecule has 2 heterocycles. The monoisotopic (exact) mass is 508 g/mol. The van der Waals surface area contributed by atoms with Gasteiger partial charge in [-0.3, -0.25) is 9.59 Å². The van der Waals surface area contributed by atoms with Crippen molar-refractivity contribution in [1.29, 1.82) is 0 Å². The van der Waals surface area contributed by atoms with Gasteiger partial charge in [0, 0.05) is 34.3 Å². The van der Waals surface area contributed by atoms with E-state index in [1.807, 2.05) is 55.4 Å². The molecule has 2 amide bonds. The predicted molar refractivity (Wildman–Crippen MR) is 136 cm³/mol. The average Bonchev–Trinajstić information content (AvgIpc) is 2.65. The Hall–Kier alpha value is -2.46. The number of ether oxygens (including phenoxy) is 2. The number of carbonyl (C=O) groups is 4. The largest absolute Gasteiger partial charge is 0.467 e. The van der Waals surface area contributed by atoms with Gasteiger partial charge in [0.2, 0.25) is 11.8 Å². The van der Waals surface area contributed by atoms with Gasteiger partial charge in [-0.15, -0.1) is 0 Å². The molecule has 0 aromatic carbocycles. The topological polar surface area (TPSA) is 135 Å². The lowest BCUT2D eigenvalue weighted by molar-refractivity contribution is -0.155. The van der Waals surface area contributed by atoms with Crippen molar-refractivity contribution < 1.29 is 28.7 Å². The first-order chi connectivity index (χ1) is 16.2. The average molecular weight is 509 g/mol. The van der Waals surface area contributed by atoms with Crippen LogP contribution in [0.3, 0.4) is 0 Å². The molecule has 10 nitrogen and oxygen atoms in total. The molecule has 2 aliphatic rings. The molecule has 0 aromatic heterocycles. The van der Waals surface area contributed by atoms with Crippen LogP contribution in [0.4, 0.5) is 0 Å². The Morgan fingerprint density at radius 3 is 1.06 bits per heavy atom. The third-order valence-corrected chi connectivity index (χ3v) is 6.59. The van der Waals surface area contributed by atoms with E-state index in [4.69, 9.17) is 9.47 Å². The van der Waals surface area contributed by atoms with Gasteiger partial charge >= 0.3 is 11.9 Å². The molecule has 4 N–H and O–H groups in total. The molecule has 2 saturated heterocycles. The van der Waals surface area contributed by atoms with E-state index in [-0.39, 0.29) is 0 Å². The zero-order chi connectivity index (χ0) is 27.8. The van der Waals surface area contributed by atoms with E-state index in [2.05, 4.69) is 21.3 Å². The van der Waals surface area contributed by atoms with E-state index in [0.717, 1.165) is 12.2 Å². The molecule has 2 rings (SSSR count). The Balaban J connectivity index is 2.25. The van der Waals surface area contributed by atoms with Crippen LogP contribution in [0.5, 0.6) is 0 Å². The number of esters is 2. The summed E-state index contributed by atoms with van der Waals surface area (Å²) in [5.74, 6) is -2.30. The van der Waals surface area contributed by atoms with Gasteiger partial charge in [-0.1, -0.05) is 0 Å². The van der Waals surface area contributed by atoms with Crippen LogP contribution in [-0.4, -0.2) is 71.2 Å². The highest BCUT2D eigenvalue weighted by atomic mass is 16.5. The molecule has 0 atom stereocenters. The molecule has 0 saturated carbocycles. The minimum Gasteiger partial charge on any atom is -0.467 e.